The zero-order chi connectivity index (χ0) is 44.6. The van der Waals surface area contributed by atoms with E-state index in [1.54, 1.807) is 0 Å². The van der Waals surface area contributed by atoms with Gasteiger partial charge in [-0.25, -0.2) is 4.57 Å². The monoisotopic (exact) mass is 877 g/mol. The lowest BCUT2D eigenvalue weighted by Crippen LogP contribution is -2.29. The van der Waals surface area contributed by atoms with Crippen LogP contribution in [0.1, 0.15) is 187 Å². The molecule has 0 aromatic carbocycles. The summed E-state index contributed by atoms with van der Waals surface area (Å²) in [5, 5.41) is 18.4. The van der Waals surface area contributed by atoms with Crippen LogP contribution in [0.25, 0.3) is 0 Å². The fraction of sp³-hybridized carbons (Fsp3) is 0.706. The van der Waals surface area contributed by atoms with E-state index in [0.29, 0.717) is 13.0 Å². The predicted octanol–water partition coefficient (Wildman–Crippen LogP) is 13.9. The molecule has 0 aliphatic rings. The number of carbonyl (C=O) groups is 1. The highest BCUT2D eigenvalue weighted by Crippen LogP contribution is 2.43. The highest BCUT2D eigenvalue weighted by Gasteiger charge is 2.26. The lowest BCUT2D eigenvalue weighted by molar-refractivity contribution is -0.154. The average Bonchev–Trinajstić information content (AvgIpc) is 3.25. The zero-order valence-corrected chi connectivity index (χ0v) is 39.5. The molecule has 0 aliphatic heterocycles. The fourth-order valence-electron chi connectivity index (χ4n) is 6.18. The van der Waals surface area contributed by atoms with Crippen LogP contribution in [0.15, 0.2) is 85.1 Å². The van der Waals surface area contributed by atoms with Crippen molar-refractivity contribution in [1.82, 2.24) is 0 Å². The fourth-order valence-corrected chi connectivity index (χ4v) is 6.97. The first-order valence-electron chi connectivity index (χ1n) is 24.1. The number of ether oxygens (including phenoxy) is 2. The lowest BCUT2D eigenvalue weighted by atomic mass is 10.1. The molecule has 0 bridgehead atoms. The van der Waals surface area contributed by atoms with Gasteiger partial charge in [-0.15, -0.1) is 0 Å². The molecule has 0 rings (SSSR count). The van der Waals surface area contributed by atoms with E-state index < -0.39 is 45.8 Å². The number of rotatable bonds is 45. The van der Waals surface area contributed by atoms with Gasteiger partial charge in [0.15, 0.2) is 0 Å². The Bertz CT molecular complexity index is 1220. The third kappa shape index (κ3) is 47.0. The number of aliphatic hydroxyl groups excluding tert-OH is 2. The molecule has 3 N–H and O–H groups in total. The minimum atomic E-state index is -4.54. The minimum absolute atomic E-state index is 0.0248. The van der Waals surface area contributed by atoms with Crippen molar-refractivity contribution in [2.45, 2.75) is 199 Å². The van der Waals surface area contributed by atoms with Crippen molar-refractivity contribution in [3.05, 3.63) is 85.1 Å². The molecule has 0 aromatic heterocycles. The molecule has 0 heterocycles. The second-order valence-electron chi connectivity index (χ2n) is 15.7. The van der Waals surface area contributed by atoms with Gasteiger partial charge in [0.2, 0.25) is 0 Å². The third-order valence-corrected chi connectivity index (χ3v) is 10.8. The normalized spacial score (nSPS) is 14.6. The summed E-state index contributed by atoms with van der Waals surface area (Å²) in [7, 11) is -4.54. The van der Waals surface area contributed by atoms with E-state index in [-0.39, 0.29) is 13.0 Å². The van der Waals surface area contributed by atoms with Crippen molar-refractivity contribution in [3.63, 3.8) is 0 Å². The molecule has 10 heteroatoms. The Hall–Kier alpha value is -2.36. The van der Waals surface area contributed by atoms with Gasteiger partial charge in [-0.2, -0.15) is 0 Å². The van der Waals surface area contributed by atoms with Crippen molar-refractivity contribution < 1.29 is 43.0 Å². The Morgan fingerprint density at radius 2 is 0.934 bits per heavy atom. The van der Waals surface area contributed by atoms with Crippen molar-refractivity contribution in [2.75, 3.05) is 33.0 Å². The van der Waals surface area contributed by atoms with Gasteiger partial charge < -0.3 is 24.6 Å². The topological polar surface area (TPSA) is 132 Å². The highest BCUT2D eigenvalue weighted by atomic mass is 31.2. The summed E-state index contributed by atoms with van der Waals surface area (Å²) < 4.78 is 33.4. The number of aliphatic hydroxyl groups is 2. The Kier molecular flexibility index (Phi) is 45.3. The van der Waals surface area contributed by atoms with E-state index in [1.165, 1.54) is 89.9 Å². The predicted molar refractivity (Wildman–Crippen MR) is 256 cm³/mol. The molecule has 0 saturated carbocycles. The van der Waals surface area contributed by atoms with Crippen LogP contribution in [-0.4, -0.2) is 66.3 Å². The van der Waals surface area contributed by atoms with Crippen LogP contribution in [0.3, 0.4) is 0 Å². The molecule has 0 radical (unpaired) electrons. The number of esters is 1. The van der Waals surface area contributed by atoms with Gasteiger partial charge in [-0.3, -0.25) is 13.8 Å². The van der Waals surface area contributed by atoms with Crippen LogP contribution in [0.5, 0.6) is 0 Å². The summed E-state index contributed by atoms with van der Waals surface area (Å²) >= 11 is 0. The number of phosphoric acid groups is 1. The number of phosphoric ester groups is 1. The first kappa shape index (κ1) is 58.6. The minimum Gasteiger partial charge on any atom is -0.457 e. The SMILES string of the molecule is CC/C=C\C/C=C\C/C=C\C/C=C\C/C=C\C/C=C\CCCCC(=O)OC(COCCCCCCCCCC/C=C\CCCCCCCCC)COP(=O)(O)OCC(O)CO. The zero-order valence-electron chi connectivity index (χ0n) is 38.6. The first-order chi connectivity index (χ1) is 29.8. The Morgan fingerprint density at radius 1 is 0.525 bits per heavy atom. The summed E-state index contributed by atoms with van der Waals surface area (Å²) in [4.78, 5) is 22.6. The van der Waals surface area contributed by atoms with Crippen molar-refractivity contribution in [1.29, 1.82) is 0 Å². The third-order valence-electron chi connectivity index (χ3n) is 9.81. The summed E-state index contributed by atoms with van der Waals surface area (Å²) in [6, 6.07) is 0. The second kappa shape index (κ2) is 47.1. The number of unbranched alkanes of at least 4 members (excludes halogenated alkanes) is 17. The van der Waals surface area contributed by atoms with E-state index in [9.17, 15) is 19.4 Å². The number of hydrogen-bond donors (Lipinski definition) is 3. The maximum atomic E-state index is 12.6. The largest absolute Gasteiger partial charge is 0.472 e. The van der Waals surface area contributed by atoms with Gasteiger partial charge >= 0.3 is 13.8 Å². The van der Waals surface area contributed by atoms with Crippen molar-refractivity contribution in [2.24, 2.45) is 0 Å². The van der Waals surface area contributed by atoms with Gasteiger partial charge in [0.1, 0.15) is 12.2 Å². The quantitative estimate of drug-likeness (QED) is 0.0237. The first-order valence-corrected chi connectivity index (χ1v) is 25.6. The maximum Gasteiger partial charge on any atom is 0.472 e. The van der Waals surface area contributed by atoms with E-state index in [1.807, 2.05) is 0 Å². The van der Waals surface area contributed by atoms with Gasteiger partial charge in [0.05, 0.1) is 26.4 Å². The van der Waals surface area contributed by atoms with Crippen LogP contribution in [0.4, 0.5) is 0 Å². The summed E-state index contributed by atoms with van der Waals surface area (Å²) in [6.45, 7) is 3.33. The van der Waals surface area contributed by atoms with Crippen LogP contribution < -0.4 is 0 Å². The molecule has 0 aliphatic carbocycles. The lowest BCUT2D eigenvalue weighted by Gasteiger charge is -2.20. The van der Waals surface area contributed by atoms with Gasteiger partial charge in [0, 0.05) is 13.0 Å². The van der Waals surface area contributed by atoms with Gasteiger partial charge in [-0.05, 0) is 89.9 Å². The molecule has 0 saturated heterocycles. The van der Waals surface area contributed by atoms with Crippen molar-refractivity contribution >= 4 is 13.8 Å². The molecule has 0 spiro atoms. The average molecular weight is 877 g/mol. The van der Waals surface area contributed by atoms with Crippen LogP contribution in [0.2, 0.25) is 0 Å². The molecule has 9 nitrogen and oxygen atoms in total. The number of allylic oxidation sites excluding steroid dienone is 14. The van der Waals surface area contributed by atoms with Gasteiger partial charge in [-0.1, -0.05) is 176 Å². The Morgan fingerprint density at radius 3 is 1.43 bits per heavy atom. The molecular formula is C51H89O9P. The molecule has 3 atom stereocenters. The molecular weight excluding hydrogens is 788 g/mol. The molecule has 0 amide bonds. The van der Waals surface area contributed by atoms with E-state index in [4.69, 9.17) is 23.6 Å². The number of hydrogen-bond acceptors (Lipinski definition) is 8. The van der Waals surface area contributed by atoms with E-state index in [0.717, 1.165) is 70.6 Å². The Balaban J connectivity index is 4.23. The van der Waals surface area contributed by atoms with Crippen molar-refractivity contribution in [3.8, 4) is 0 Å². The van der Waals surface area contributed by atoms with Gasteiger partial charge in [0.25, 0.3) is 0 Å². The molecule has 352 valence electrons. The smallest absolute Gasteiger partial charge is 0.457 e. The maximum absolute atomic E-state index is 12.6. The molecule has 0 aromatic rings. The Labute approximate surface area is 373 Å². The molecule has 0 fully saturated rings. The highest BCUT2D eigenvalue weighted by molar-refractivity contribution is 7.47. The van der Waals surface area contributed by atoms with E-state index in [2.05, 4.69) is 98.9 Å². The van der Waals surface area contributed by atoms with Crippen LogP contribution in [-0.2, 0) is 27.9 Å². The van der Waals surface area contributed by atoms with E-state index >= 15 is 0 Å². The summed E-state index contributed by atoms with van der Waals surface area (Å²) in [6.07, 6.45) is 58.3. The summed E-state index contributed by atoms with van der Waals surface area (Å²) in [5.74, 6) is -0.427. The molecule has 3 unspecified atom stereocenters. The second-order valence-corrected chi connectivity index (χ2v) is 17.2. The molecule has 61 heavy (non-hydrogen) atoms. The summed E-state index contributed by atoms with van der Waals surface area (Å²) in [5.41, 5.74) is 0. The van der Waals surface area contributed by atoms with Crippen LogP contribution in [0, 0.1) is 0 Å². The van der Waals surface area contributed by atoms with Crippen LogP contribution >= 0.6 is 7.82 Å². The standard InChI is InChI=1S/C51H89O9P/c1-3-5-7-9-11-13-15-17-19-21-23-24-25-27-29-31-33-35-37-39-41-43-51(54)60-50(48-59-61(55,56)58-46-49(53)45-52)47-57-44-42-40-38-36-34-32-30-28-26-22-20-18-16-14-12-10-8-6-4-2/h5,7,11,13,17,19-20,22-24,27,29,33,35,49-50,52-53H,3-4,6,8-10,12,14-16,18,21,25-26,28,30-32,34,36-48H2,1-2H3,(H,55,56)/b7-5-,13-11-,19-17-,22-20-,24-23-,29-27-,35-33-. The number of carbonyl (C=O) groups excluding carboxylic acids is 1.